The molecule has 2 aromatic heterocycles. The molecule has 1 fully saturated rings. The summed E-state index contributed by atoms with van der Waals surface area (Å²) in [5, 5.41) is 8.25. The van der Waals surface area contributed by atoms with E-state index in [2.05, 4.69) is 15.2 Å². The molecule has 1 aliphatic heterocycles. The van der Waals surface area contributed by atoms with Crippen LogP contribution in [-0.2, 0) is 4.79 Å². The Morgan fingerprint density at radius 1 is 1.48 bits per heavy atom. The van der Waals surface area contributed by atoms with Gasteiger partial charge in [0, 0.05) is 31.9 Å². The first-order valence-corrected chi connectivity index (χ1v) is 7.29. The Kier molecular flexibility index (Phi) is 3.94. The largest absolute Gasteiger partial charge is 0.420 e. The normalized spacial score (nSPS) is 18.7. The molecule has 6 heteroatoms. The van der Waals surface area contributed by atoms with Crippen LogP contribution in [0, 0.1) is 0 Å². The van der Waals surface area contributed by atoms with Crippen LogP contribution in [-0.4, -0.2) is 39.1 Å². The quantitative estimate of drug-likeness (QED) is 0.865. The number of amides is 1. The first kappa shape index (κ1) is 13.7. The van der Waals surface area contributed by atoms with Crippen molar-refractivity contribution in [2.45, 2.75) is 32.1 Å². The van der Waals surface area contributed by atoms with Crippen LogP contribution in [0.3, 0.4) is 0 Å². The first-order valence-electron chi connectivity index (χ1n) is 7.29. The van der Waals surface area contributed by atoms with Gasteiger partial charge in [0.15, 0.2) is 0 Å². The van der Waals surface area contributed by atoms with Crippen molar-refractivity contribution < 1.29 is 9.21 Å². The van der Waals surface area contributed by atoms with Gasteiger partial charge in [-0.2, -0.15) is 0 Å². The van der Waals surface area contributed by atoms with Crippen LogP contribution >= 0.6 is 0 Å². The van der Waals surface area contributed by atoms with Gasteiger partial charge >= 0.3 is 0 Å². The van der Waals surface area contributed by atoms with Crippen molar-refractivity contribution in [2.24, 2.45) is 0 Å². The van der Waals surface area contributed by atoms with Crippen molar-refractivity contribution >= 4 is 5.91 Å². The summed E-state index contributed by atoms with van der Waals surface area (Å²) in [6, 6.07) is 3.72. The zero-order valence-electron chi connectivity index (χ0n) is 12.0. The molecule has 6 nitrogen and oxygen atoms in total. The predicted octanol–water partition coefficient (Wildman–Crippen LogP) is 2.25. The highest BCUT2D eigenvalue weighted by Crippen LogP contribution is 2.28. The molecule has 3 heterocycles. The van der Waals surface area contributed by atoms with Crippen molar-refractivity contribution in [1.29, 1.82) is 0 Å². The minimum Gasteiger partial charge on any atom is -0.420 e. The maximum absolute atomic E-state index is 11.8. The van der Waals surface area contributed by atoms with E-state index in [1.807, 2.05) is 24.0 Å². The van der Waals surface area contributed by atoms with Crippen LogP contribution in [0.5, 0.6) is 0 Å². The topological polar surface area (TPSA) is 72.1 Å². The van der Waals surface area contributed by atoms with Crippen molar-refractivity contribution in [3.63, 3.8) is 0 Å². The van der Waals surface area contributed by atoms with Gasteiger partial charge in [-0.3, -0.25) is 9.78 Å². The number of pyridine rings is 1. The Labute approximate surface area is 123 Å². The number of hydrogen-bond donors (Lipinski definition) is 0. The van der Waals surface area contributed by atoms with E-state index in [1.165, 1.54) is 0 Å². The van der Waals surface area contributed by atoms with Crippen LogP contribution in [0.15, 0.2) is 28.9 Å². The van der Waals surface area contributed by atoms with Crippen molar-refractivity contribution in [3.05, 3.63) is 30.4 Å². The van der Waals surface area contributed by atoms with E-state index in [0.29, 0.717) is 24.7 Å². The van der Waals surface area contributed by atoms with Crippen molar-refractivity contribution in [1.82, 2.24) is 20.1 Å². The zero-order chi connectivity index (χ0) is 14.7. The Hall–Kier alpha value is -2.24. The summed E-state index contributed by atoms with van der Waals surface area (Å²) in [6.45, 7) is 3.38. The van der Waals surface area contributed by atoms with Gasteiger partial charge in [-0.25, -0.2) is 0 Å². The van der Waals surface area contributed by atoms with Crippen molar-refractivity contribution in [3.8, 4) is 11.5 Å². The average Bonchev–Trinajstić information content (AvgIpc) is 3.05. The number of aromatic nitrogens is 3. The Balaban J connectivity index is 1.75. The molecule has 3 rings (SSSR count). The van der Waals surface area contributed by atoms with E-state index in [4.69, 9.17) is 4.42 Å². The fourth-order valence-corrected chi connectivity index (χ4v) is 2.63. The van der Waals surface area contributed by atoms with Gasteiger partial charge in [-0.15, -0.1) is 10.2 Å². The molecule has 0 spiro atoms. The summed E-state index contributed by atoms with van der Waals surface area (Å²) in [6.07, 6.45) is 5.89. The van der Waals surface area contributed by atoms with Gasteiger partial charge < -0.3 is 9.32 Å². The smallest absolute Gasteiger partial charge is 0.249 e. The number of likely N-dealkylation sites (tertiary alicyclic amines) is 1. The molecule has 110 valence electrons. The highest BCUT2D eigenvalue weighted by Gasteiger charge is 2.27. The van der Waals surface area contributed by atoms with Gasteiger partial charge in [0.05, 0.1) is 11.5 Å². The minimum atomic E-state index is 0.132. The van der Waals surface area contributed by atoms with E-state index in [0.717, 1.165) is 24.9 Å². The van der Waals surface area contributed by atoms with Gasteiger partial charge in [-0.1, -0.05) is 6.92 Å². The van der Waals surface area contributed by atoms with E-state index in [1.54, 1.807) is 12.4 Å². The second kappa shape index (κ2) is 6.03. The summed E-state index contributed by atoms with van der Waals surface area (Å²) in [5.74, 6) is 1.42. The van der Waals surface area contributed by atoms with Crippen LogP contribution in [0.1, 0.15) is 38.0 Å². The number of carbonyl (C=O) groups is 1. The zero-order valence-corrected chi connectivity index (χ0v) is 12.0. The number of hydrogen-bond acceptors (Lipinski definition) is 5. The van der Waals surface area contributed by atoms with Crippen LogP contribution in [0.4, 0.5) is 0 Å². The molecule has 0 bridgehead atoms. The summed E-state index contributed by atoms with van der Waals surface area (Å²) in [7, 11) is 0. The first-order chi connectivity index (χ1) is 10.3. The summed E-state index contributed by atoms with van der Waals surface area (Å²) < 4.78 is 5.77. The van der Waals surface area contributed by atoms with E-state index < -0.39 is 0 Å². The lowest BCUT2D eigenvalue weighted by molar-refractivity contribution is -0.132. The van der Waals surface area contributed by atoms with E-state index in [9.17, 15) is 4.79 Å². The Morgan fingerprint density at radius 2 is 2.38 bits per heavy atom. The van der Waals surface area contributed by atoms with E-state index in [-0.39, 0.29) is 11.8 Å². The third-order valence-corrected chi connectivity index (χ3v) is 3.77. The highest BCUT2D eigenvalue weighted by atomic mass is 16.4. The molecule has 0 radical (unpaired) electrons. The second-order valence-electron chi connectivity index (χ2n) is 5.22. The monoisotopic (exact) mass is 286 g/mol. The van der Waals surface area contributed by atoms with Gasteiger partial charge in [0.25, 0.3) is 0 Å². The summed E-state index contributed by atoms with van der Waals surface area (Å²) >= 11 is 0. The molecule has 1 saturated heterocycles. The Bertz CT molecular complexity index is 611. The molecule has 0 aromatic carbocycles. The molecule has 0 N–H and O–H groups in total. The minimum absolute atomic E-state index is 0.132. The lowest BCUT2D eigenvalue weighted by Crippen LogP contribution is -2.38. The fraction of sp³-hybridized carbons (Fsp3) is 0.467. The maximum Gasteiger partial charge on any atom is 0.249 e. The second-order valence-corrected chi connectivity index (χ2v) is 5.22. The third-order valence-electron chi connectivity index (χ3n) is 3.77. The molecule has 0 unspecified atom stereocenters. The fourth-order valence-electron chi connectivity index (χ4n) is 2.63. The molecule has 2 aromatic rings. The molecule has 1 atom stereocenters. The van der Waals surface area contributed by atoms with E-state index >= 15 is 0 Å². The lowest BCUT2D eigenvalue weighted by atomic mass is 9.98. The number of piperidine rings is 1. The summed E-state index contributed by atoms with van der Waals surface area (Å²) in [5.41, 5.74) is 0.813. The van der Waals surface area contributed by atoms with Crippen LogP contribution < -0.4 is 0 Å². The van der Waals surface area contributed by atoms with Crippen LogP contribution in [0.25, 0.3) is 11.5 Å². The molecule has 0 saturated carbocycles. The molecule has 0 aliphatic carbocycles. The van der Waals surface area contributed by atoms with Crippen molar-refractivity contribution in [2.75, 3.05) is 13.1 Å². The third kappa shape index (κ3) is 2.94. The SMILES string of the molecule is CCC(=O)N1CCC[C@@H](c2nnc(-c3cccnc3)o2)C1. The lowest BCUT2D eigenvalue weighted by Gasteiger charge is -2.30. The van der Waals surface area contributed by atoms with Gasteiger partial charge in [-0.05, 0) is 25.0 Å². The van der Waals surface area contributed by atoms with Gasteiger partial charge in [0.2, 0.25) is 17.7 Å². The standard InChI is InChI=1S/C15H18N4O2/c1-2-13(20)19-8-4-6-12(10-19)15-18-17-14(21-15)11-5-3-7-16-9-11/h3,5,7,9,12H,2,4,6,8,10H2,1H3/t12-/m1/s1. The maximum atomic E-state index is 11.8. The number of carbonyl (C=O) groups excluding carboxylic acids is 1. The molecule has 1 aliphatic rings. The summed E-state index contributed by atoms with van der Waals surface area (Å²) in [4.78, 5) is 17.8. The molecular formula is C15H18N4O2. The molecule has 21 heavy (non-hydrogen) atoms. The van der Waals surface area contributed by atoms with Gasteiger partial charge in [0.1, 0.15) is 0 Å². The molecule has 1 amide bonds. The average molecular weight is 286 g/mol. The predicted molar refractivity (Wildman–Crippen MR) is 76.4 cm³/mol. The van der Waals surface area contributed by atoms with Crippen LogP contribution in [0.2, 0.25) is 0 Å². The highest BCUT2D eigenvalue weighted by molar-refractivity contribution is 5.75. The number of nitrogens with zero attached hydrogens (tertiary/aromatic N) is 4. The number of rotatable bonds is 3. The molecular weight excluding hydrogens is 268 g/mol. The Morgan fingerprint density at radius 3 is 3.14 bits per heavy atom.